The van der Waals surface area contributed by atoms with Crippen LogP contribution in [0.4, 0.5) is 5.82 Å². The monoisotopic (exact) mass is 408 g/mol. The Kier molecular flexibility index (Phi) is 6.79. The molecule has 0 fully saturated rings. The Labute approximate surface area is 181 Å². The number of nitrogens with zero attached hydrogens (tertiary/aromatic N) is 4. The summed E-state index contributed by atoms with van der Waals surface area (Å²) in [5, 5.41) is 0. The first kappa shape index (κ1) is 22.3. The first-order valence-corrected chi connectivity index (χ1v) is 11.1. The Bertz CT molecular complexity index is 873. The average molecular weight is 409 g/mol. The Morgan fingerprint density at radius 2 is 1.90 bits per heavy atom. The zero-order chi connectivity index (χ0) is 21.9. The quantitative estimate of drug-likeness (QED) is 0.679. The zero-order valence-corrected chi connectivity index (χ0v) is 19.4. The van der Waals surface area contributed by atoms with Crippen molar-refractivity contribution in [3.63, 3.8) is 0 Å². The lowest BCUT2D eigenvalue weighted by Gasteiger charge is -2.33. The molecule has 1 aliphatic heterocycles. The van der Waals surface area contributed by atoms with Crippen molar-refractivity contribution in [2.75, 3.05) is 25.0 Å². The van der Waals surface area contributed by atoms with Crippen LogP contribution in [0.1, 0.15) is 58.7 Å². The highest BCUT2D eigenvalue weighted by molar-refractivity contribution is 5.77. The van der Waals surface area contributed by atoms with E-state index in [9.17, 15) is 4.79 Å². The van der Waals surface area contributed by atoms with Gasteiger partial charge in [-0.25, -0.2) is 9.97 Å². The molecule has 1 amide bonds. The van der Waals surface area contributed by atoms with Crippen LogP contribution in [0.5, 0.6) is 0 Å². The van der Waals surface area contributed by atoms with Crippen LogP contribution in [0, 0.1) is 11.3 Å². The van der Waals surface area contributed by atoms with Gasteiger partial charge in [-0.2, -0.15) is 0 Å². The van der Waals surface area contributed by atoms with E-state index in [4.69, 9.17) is 9.97 Å². The SMILES string of the molecule is CCN(C)c1nc(-c2ccccc2)nc2c1CN(C(=O)C[C@H](C)CC(C)(C)C)CC2. The average Bonchev–Trinajstić information content (AvgIpc) is 2.71. The van der Waals surface area contributed by atoms with E-state index in [1.807, 2.05) is 35.2 Å². The molecule has 0 bridgehead atoms. The van der Waals surface area contributed by atoms with Crippen molar-refractivity contribution in [2.24, 2.45) is 11.3 Å². The van der Waals surface area contributed by atoms with Crippen LogP contribution in [0.15, 0.2) is 30.3 Å². The lowest BCUT2D eigenvalue weighted by molar-refractivity contribution is -0.133. The van der Waals surface area contributed by atoms with Gasteiger partial charge in [0.05, 0.1) is 12.2 Å². The van der Waals surface area contributed by atoms with E-state index in [-0.39, 0.29) is 11.3 Å². The number of hydrogen-bond donors (Lipinski definition) is 0. The molecule has 5 nitrogen and oxygen atoms in total. The minimum Gasteiger partial charge on any atom is -0.360 e. The second-order valence-corrected chi connectivity index (χ2v) is 9.82. The number of fused-ring (bicyclic) bond motifs is 1. The Hall–Kier alpha value is -2.43. The van der Waals surface area contributed by atoms with Gasteiger partial charge in [0, 0.05) is 44.1 Å². The highest BCUT2D eigenvalue weighted by Crippen LogP contribution is 2.31. The van der Waals surface area contributed by atoms with E-state index in [0.717, 1.165) is 54.4 Å². The predicted molar refractivity (Wildman–Crippen MR) is 123 cm³/mol. The van der Waals surface area contributed by atoms with E-state index in [0.29, 0.717) is 18.9 Å². The molecule has 0 N–H and O–H groups in total. The van der Waals surface area contributed by atoms with Crippen molar-refractivity contribution in [3.8, 4) is 11.4 Å². The molecule has 5 heteroatoms. The number of rotatable bonds is 6. The third-order valence-corrected chi connectivity index (χ3v) is 5.74. The van der Waals surface area contributed by atoms with Gasteiger partial charge in [0.15, 0.2) is 5.82 Å². The van der Waals surface area contributed by atoms with Gasteiger partial charge in [-0.3, -0.25) is 4.79 Å². The summed E-state index contributed by atoms with van der Waals surface area (Å²) in [5.41, 5.74) is 3.45. The molecule has 0 unspecified atom stereocenters. The fourth-order valence-electron chi connectivity index (χ4n) is 4.34. The first-order valence-electron chi connectivity index (χ1n) is 11.1. The molecule has 2 heterocycles. The van der Waals surface area contributed by atoms with Crippen molar-refractivity contribution in [2.45, 2.75) is 60.4 Å². The highest BCUT2D eigenvalue weighted by Gasteiger charge is 2.28. The van der Waals surface area contributed by atoms with Crippen LogP contribution in [-0.2, 0) is 17.8 Å². The minimum absolute atomic E-state index is 0.243. The van der Waals surface area contributed by atoms with Crippen molar-refractivity contribution < 1.29 is 4.79 Å². The molecule has 0 saturated carbocycles. The van der Waals surface area contributed by atoms with Crippen molar-refractivity contribution in [1.29, 1.82) is 0 Å². The van der Waals surface area contributed by atoms with Crippen LogP contribution in [0.3, 0.4) is 0 Å². The van der Waals surface area contributed by atoms with Crippen molar-refractivity contribution in [3.05, 3.63) is 41.6 Å². The molecule has 1 aliphatic rings. The second-order valence-electron chi connectivity index (χ2n) is 9.82. The molecular weight excluding hydrogens is 372 g/mol. The van der Waals surface area contributed by atoms with E-state index in [2.05, 4.69) is 46.6 Å². The number of benzene rings is 1. The summed E-state index contributed by atoms with van der Waals surface area (Å²) in [7, 11) is 2.06. The van der Waals surface area contributed by atoms with E-state index in [1.54, 1.807) is 0 Å². The first-order chi connectivity index (χ1) is 14.2. The third-order valence-electron chi connectivity index (χ3n) is 5.74. The summed E-state index contributed by atoms with van der Waals surface area (Å²) >= 11 is 0. The molecule has 0 saturated heterocycles. The second kappa shape index (κ2) is 9.15. The number of amides is 1. The lowest BCUT2D eigenvalue weighted by Crippen LogP contribution is -2.38. The summed E-state index contributed by atoms with van der Waals surface area (Å²) < 4.78 is 0. The maximum atomic E-state index is 13.0. The Balaban J connectivity index is 1.84. The van der Waals surface area contributed by atoms with Gasteiger partial charge >= 0.3 is 0 Å². The standard InChI is InChI=1S/C25H36N4O/c1-7-28(6)24-20-17-29(22(30)15-18(2)16-25(3,4)5)14-13-21(20)26-23(27-24)19-11-9-8-10-12-19/h8-12,18H,7,13-17H2,1-6H3/t18-/m0/s1. The van der Waals surface area contributed by atoms with Gasteiger partial charge < -0.3 is 9.80 Å². The molecule has 3 rings (SSSR count). The maximum Gasteiger partial charge on any atom is 0.223 e. The number of anilines is 1. The topological polar surface area (TPSA) is 49.3 Å². The third kappa shape index (κ3) is 5.38. The predicted octanol–water partition coefficient (Wildman–Crippen LogP) is 4.95. The molecule has 1 aromatic heterocycles. The Morgan fingerprint density at radius 1 is 1.20 bits per heavy atom. The highest BCUT2D eigenvalue weighted by atomic mass is 16.2. The summed E-state index contributed by atoms with van der Waals surface area (Å²) in [6.07, 6.45) is 2.44. The largest absolute Gasteiger partial charge is 0.360 e. The van der Waals surface area contributed by atoms with Gasteiger partial charge in [-0.1, -0.05) is 58.0 Å². The summed E-state index contributed by atoms with van der Waals surface area (Å²) in [6.45, 7) is 13.2. The summed E-state index contributed by atoms with van der Waals surface area (Å²) in [5.74, 6) is 2.34. The Morgan fingerprint density at radius 3 is 2.53 bits per heavy atom. The number of aromatic nitrogens is 2. The minimum atomic E-state index is 0.243. The number of carbonyl (C=O) groups excluding carboxylic acids is 1. The molecule has 0 radical (unpaired) electrons. The zero-order valence-electron chi connectivity index (χ0n) is 19.4. The number of carbonyl (C=O) groups is 1. The van der Waals surface area contributed by atoms with Gasteiger partial charge in [0.25, 0.3) is 0 Å². The smallest absolute Gasteiger partial charge is 0.223 e. The molecule has 0 aliphatic carbocycles. The van der Waals surface area contributed by atoms with Crippen LogP contribution in [-0.4, -0.2) is 40.9 Å². The van der Waals surface area contributed by atoms with Gasteiger partial charge in [-0.15, -0.1) is 0 Å². The van der Waals surface area contributed by atoms with E-state index in [1.165, 1.54) is 0 Å². The molecule has 1 aromatic carbocycles. The van der Waals surface area contributed by atoms with E-state index < -0.39 is 0 Å². The van der Waals surface area contributed by atoms with Gasteiger partial charge in [0.2, 0.25) is 5.91 Å². The fourth-order valence-corrected chi connectivity index (χ4v) is 4.34. The molecule has 2 aromatic rings. The van der Waals surface area contributed by atoms with Gasteiger partial charge in [-0.05, 0) is 24.7 Å². The molecule has 162 valence electrons. The molecular formula is C25H36N4O. The fraction of sp³-hybridized carbons (Fsp3) is 0.560. The van der Waals surface area contributed by atoms with E-state index >= 15 is 0 Å². The van der Waals surface area contributed by atoms with Crippen molar-refractivity contribution in [1.82, 2.24) is 14.9 Å². The van der Waals surface area contributed by atoms with Gasteiger partial charge in [0.1, 0.15) is 5.82 Å². The van der Waals surface area contributed by atoms with Crippen LogP contribution < -0.4 is 4.90 Å². The molecule has 30 heavy (non-hydrogen) atoms. The maximum absolute atomic E-state index is 13.0. The summed E-state index contributed by atoms with van der Waals surface area (Å²) in [4.78, 5) is 27.0. The van der Waals surface area contributed by atoms with Crippen LogP contribution in [0.25, 0.3) is 11.4 Å². The normalized spacial score (nSPS) is 14.9. The van der Waals surface area contributed by atoms with Crippen molar-refractivity contribution >= 4 is 11.7 Å². The lowest BCUT2D eigenvalue weighted by atomic mass is 9.84. The number of hydrogen-bond acceptors (Lipinski definition) is 4. The molecule has 1 atom stereocenters. The van der Waals surface area contributed by atoms with Crippen LogP contribution in [0.2, 0.25) is 0 Å². The summed E-state index contributed by atoms with van der Waals surface area (Å²) in [6, 6.07) is 10.1. The van der Waals surface area contributed by atoms with Crippen LogP contribution >= 0.6 is 0 Å². The molecule has 0 spiro atoms.